The van der Waals surface area contributed by atoms with Gasteiger partial charge in [-0.25, -0.2) is 9.97 Å². The van der Waals surface area contributed by atoms with E-state index in [1.807, 2.05) is 43.3 Å². The van der Waals surface area contributed by atoms with Gasteiger partial charge in [0.1, 0.15) is 23.3 Å². The van der Waals surface area contributed by atoms with E-state index in [0.717, 1.165) is 17.5 Å². The fraction of sp³-hybridized carbons (Fsp3) is 0.385. The van der Waals surface area contributed by atoms with Crippen molar-refractivity contribution in [3.05, 3.63) is 30.2 Å². The van der Waals surface area contributed by atoms with Crippen LogP contribution < -0.4 is 10.2 Å². The van der Waals surface area contributed by atoms with E-state index in [-0.39, 0.29) is 6.61 Å². The van der Waals surface area contributed by atoms with Gasteiger partial charge < -0.3 is 20.3 Å². The Kier molecular flexibility index (Phi) is 4.35. The molecule has 0 atom stereocenters. The minimum Gasteiger partial charge on any atom is -0.396 e. The Balaban J connectivity index is 2.16. The summed E-state index contributed by atoms with van der Waals surface area (Å²) in [5.74, 6) is 3.28. The average Bonchev–Trinajstić information content (AvgIpc) is 2.91. The summed E-state index contributed by atoms with van der Waals surface area (Å²) in [6, 6.07) is 5.82. The Labute approximate surface area is 112 Å². The summed E-state index contributed by atoms with van der Waals surface area (Å²) in [7, 11) is 1.95. The van der Waals surface area contributed by atoms with Gasteiger partial charge >= 0.3 is 0 Å². The zero-order valence-corrected chi connectivity index (χ0v) is 11.2. The van der Waals surface area contributed by atoms with Gasteiger partial charge in [-0.3, -0.25) is 0 Å². The molecule has 19 heavy (non-hydrogen) atoms. The molecule has 0 aliphatic carbocycles. The third kappa shape index (κ3) is 3.45. The van der Waals surface area contributed by atoms with Gasteiger partial charge in [0.05, 0.1) is 0 Å². The summed E-state index contributed by atoms with van der Waals surface area (Å²) in [5, 5.41) is 12.0. The van der Waals surface area contributed by atoms with Gasteiger partial charge in [0, 0.05) is 32.5 Å². The molecule has 0 fully saturated rings. The predicted molar refractivity (Wildman–Crippen MR) is 75.8 cm³/mol. The molecule has 2 rings (SSSR count). The molecule has 0 bridgehead atoms. The lowest BCUT2D eigenvalue weighted by Gasteiger charge is -2.17. The van der Waals surface area contributed by atoms with Crippen LogP contribution in [0.4, 0.5) is 17.5 Å². The van der Waals surface area contributed by atoms with E-state index in [9.17, 15) is 0 Å². The zero-order chi connectivity index (χ0) is 13.7. The first kappa shape index (κ1) is 13.4. The smallest absolute Gasteiger partial charge is 0.139 e. The Morgan fingerprint density at radius 1 is 1.42 bits per heavy atom. The first-order valence-electron chi connectivity index (χ1n) is 6.28. The highest BCUT2D eigenvalue weighted by molar-refractivity contribution is 5.58. The number of aliphatic hydroxyl groups excluding tert-OH is 1. The van der Waals surface area contributed by atoms with Gasteiger partial charge in [0.15, 0.2) is 0 Å². The van der Waals surface area contributed by atoms with Crippen LogP contribution in [0.1, 0.15) is 12.2 Å². The summed E-state index contributed by atoms with van der Waals surface area (Å²) in [6.45, 7) is 2.73. The van der Waals surface area contributed by atoms with Gasteiger partial charge in [-0.2, -0.15) is 0 Å². The maximum atomic E-state index is 8.78. The van der Waals surface area contributed by atoms with E-state index < -0.39 is 0 Å². The van der Waals surface area contributed by atoms with Crippen molar-refractivity contribution in [2.24, 2.45) is 0 Å². The van der Waals surface area contributed by atoms with Crippen LogP contribution in [-0.2, 0) is 0 Å². The molecular weight excluding hydrogens is 242 g/mol. The van der Waals surface area contributed by atoms with E-state index in [1.54, 1.807) is 0 Å². The molecule has 3 N–H and O–H groups in total. The predicted octanol–water partition coefficient (Wildman–Crippen LogP) is 1.68. The summed E-state index contributed by atoms with van der Waals surface area (Å²) >= 11 is 0. The second-order valence-electron chi connectivity index (χ2n) is 4.28. The molecule has 102 valence electrons. The number of hydrogen-bond donors (Lipinski definition) is 3. The number of rotatable bonds is 6. The van der Waals surface area contributed by atoms with Crippen molar-refractivity contribution in [3.8, 4) is 0 Å². The number of hydrogen-bond acceptors (Lipinski definition) is 5. The highest BCUT2D eigenvalue weighted by atomic mass is 16.3. The van der Waals surface area contributed by atoms with Crippen molar-refractivity contribution >= 4 is 17.5 Å². The number of aromatic nitrogens is 3. The van der Waals surface area contributed by atoms with Crippen LogP contribution in [-0.4, -0.2) is 40.3 Å². The maximum absolute atomic E-state index is 8.78. The molecule has 0 spiro atoms. The van der Waals surface area contributed by atoms with Crippen molar-refractivity contribution in [1.29, 1.82) is 0 Å². The van der Waals surface area contributed by atoms with Gasteiger partial charge in [0.25, 0.3) is 0 Å². The minimum atomic E-state index is 0.173. The third-order valence-electron chi connectivity index (χ3n) is 2.75. The summed E-state index contributed by atoms with van der Waals surface area (Å²) in [6.07, 6.45) is 2.57. The van der Waals surface area contributed by atoms with E-state index in [1.165, 1.54) is 0 Å². The maximum Gasteiger partial charge on any atom is 0.139 e. The number of aliphatic hydroxyl groups is 1. The Morgan fingerprint density at radius 2 is 2.26 bits per heavy atom. The number of anilines is 3. The van der Waals surface area contributed by atoms with E-state index in [0.29, 0.717) is 18.8 Å². The average molecular weight is 261 g/mol. The Hall–Kier alpha value is -2.08. The van der Waals surface area contributed by atoms with Gasteiger partial charge in [-0.1, -0.05) is 0 Å². The van der Waals surface area contributed by atoms with Crippen LogP contribution in [0, 0.1) is 6.92 Å². The Bertz CT molecular complexity index is 512. The molecule has 6 heteroatoms. The van der Waals surface area contributed by atoms with Crippen molar-refractivity contribution in [3.63, 3.8) is 0 Å². The molecule has 6 nitrogen and oxygen atoms in total. The number of aromatic amines is 1. The van der Waals surface area contributed by atoms with Crippen LogP contribution in [0.15, 0.2) is 24.4 Å². The molecule has 0 aliphatic rings. The van der Waals surface area contributed by atoms with Crippen molar-refractivity contribution in [2.75, 3.05) is 30.4 Å². The molecule has 0 unspecified atom stereocenters. The first-order valence-corrected chi connectivity index (χ1v) is 6.28. The summed E-state index contributed by atoms with van der Waals surface area (Å²) < 4.78 is 0. The molecule has 2 aromatic rings. The molecule has 0 saturated heterocycles. The van der Waals surface area contributed by atoms with Gasteiger partial charge in [0.2, 0.25) is 0 Å². The third-order valence-corrected chi connectivity index (χ3v) is 2.75. The number of nitrogens with one attached hydrogen (secondary N) is 2. The van der Waals surface area contributed by atoms with Crippen LogP contribution >= 0.6 is 0 Å². The van der Waals surface area contributed by atoms with Crippen LogP contribution in [0.2, 0.25) is 0 Å². The van der Waals surface area contributed by atoms with E-state index >= 15 is 0 Å². The second kappa shape index (κ2) is 6.19. The SMILES string of the molecule is Cc1nc(NCCCO)cc(N(C)c2ccc[nH]2)n1. The molecule has 0 radical (unpaired) electrons. The monoisotopic (exact) mass is 261 g/mol. The van der Waals surface area contributed by atoms with Crippen molar-refractivity contribution < 1.29 is 5.11 Å². The molecule has 0 amide bonds. The molecule has 0 aromatic carbocycles. The van der Waals surface area contributed by atoms with Crippen LogP contribution in [0.3, 0.4) is 0 Å². The standard InChI is InChI=1S/C13H19N5O/c1-10-16-11(14-7-4-8-19)9-13(17-10)18(2)12-5-3-6-15-12/h3,5-6,9,15,19H,4,7-8H2,1-2H3,(H,14,16,17). The van der Waals surface area contributed by atoms with Crippen LogP contribution in [0.5, 0.6) is 0 Å². The lowest BCUT2D eigenvalue weighted by molar-refractivity contribution is 0.292. The van der Waals surface area contributed by atoms with Crippen molar-refractivity contribution in [1.82, 2.24) is 15.0 Å². The van der Waals surface area contributed by atoms with Crippen molar-refractivity contribution in [2.45, 2.75) is 13.3 Å². The van der Waals surface area contributed by atoms with Crippen LogP contribution in [0.25, 0.3) is 0 Å². The van der Waals surface area contributed by atoms with Gasteiger partial charge in [-0.05, 0) is 25.5 Å². The largest absolute Gasteiger partial charge is 0.396 e. The highest BCUT2D eigenvalue weighted by Gasteiger charge is 2.08. The number of nitrogens with zero attached hydrogens (tertiary/aromatic N) is 3. The summed E-state index contributed by atoms with van der Waals surface area (Å²) in [5.41, 5.74) is 0. The molecule has 0 saturated carbocycles. The lowest BCUT2D eigenvalue weighted by Crippen LogP contribution is -2.14. The number of H-pyrrole nitrogens is 1. The fourth-order valence-electron chi connectivity index (χ4n) is 1.76. The minimum absolute atomic E-state index is 0.173. The molecule has 2 aromatic heterocycles. The topological polar surface area (TPSA) is 77.1 Å². The normalized spacial score (nSPS) is 10.5. The Morgan fingerprint density at radius 3 is 2.95 bits per heavy atom. The second-order valence-corrected chi connectivity index (χ2v) is 4.28. The summed E-state index contributed by atoms with van der Waals surface area (Å²) in [4.78, 5) is 13.9. The van der Waals surface area contributed by atoms with E-state index in [2.05, 4.69) is 20.3 Å². The molecule has 0 aliphatic heterocycles. The van der Waals surface area contributed by atoms with E-state index in [4.69, 9.17) is 5.11 Å². The first-order chi connectivity index (χ1) is 9.20. The quantitative estimate of drug-likeness (QED) is 0.690. The highest BCUT2D eigenvalue weighted by Crippen LogP contribution is 2.21. The number of aryl methyl sites for hydroxylation is 1. The fourth-order valence-corrected chi connectivity index (χ4v) is 1.76. The van der Waals surface area contributed by atoms with Gasteiger partial charge in [-0.15, -0.1) is 0 Å². The lowest BCUT2D eigenvalue weighted by atomic mass is 10.4. The molecule has 2 heterocycles. The molecular formula is C13H19N5O. The zero-order valence-electron chi connectivity index (χ0n) is 11.2.